The molecule has 2 unspecified atom stereocenters. The van der Waals surface area contributed by atoms with Crippen molar-refractivity contribution >= 4 is 32.7 Å². The van der Waals surface area contributed by atoms with Crippen molar-refractivity contribution in [2.24, 2.45) is 0 Å². The fourth-order valence-corrected chi connectivity index (χ4v) is 2.80. The maximum atomic E-state index is 5.95. The molecule has 0 bridgehead atoms. The lowest BCUT2D eigenvalue weighted by molar-refractivity contribution is 0.123. The van der Waals surface area contributed by atoms with E-state index in [2.05, 4.69) is 32.8 Å². The number of fused-ring (bicyclic) bond motifs is 1. The number of ether oxygens (including phenoxy) is 1. The molecule has 1 aromatic heterocycles. The lowest BCUT2D eigenvalue weighted by Gasteiger charge is -2.01. The molecule has 90 valence electrons. The fraction of sp³-hybridized carbons (Fsp3) is 0.417. The maximum Gasteiger partial charge on any atom is 0.112 e. The molecule has 3 N–H and O–H groups in total. The van der Waals surface area contributed by atoms with Gasteiger partial charge >= 0.3 is 0 Å². The van der Waals surface area contributed by atoms with Crippen molar-refractivity contribution in [1.82, 2.24) is 9.97 Å². The second-order valence-electron chi connectivity index (χ2n) is 4.59. The van der Waals surface area contributed by atoms with Gasteiger partial charge in [0.15, 0.2) is 0 Å². The number of benzene rings is 1. The van der Waals surface area contributed by atoms with Gasteiger partial charge in [-0.15, -0.1) is 0 Å². The number of H-pyrrole nitrogens is 1. The molecular formula is C12H14BrN3O. The third-order valence-corrected chi connectivity index (χ3v) is 3.64. The van der Waals surface area contributed by atoms with Gasteiger partial charge in [0.1, 0.15) is 11.3 Å². The molecular weight excluding hydrogens is 282 g/mol. The Morgan fingerprint density at radius 3 is 3.06 bits per heavy atom. The highest BCUT2D eigenvalue weighted by Gasteiger charge is 2.26. The van der Waals surface area contributed by atoms with E-state index in [9.17, 15) is 0 Å². The Balaban J connectivity index is 2.04. The lowest BCUT2D eigenvalue weighted by Crippen LogP contribution is -2.00. The Bertz CT molecular complexity index is 566. The Labute approximate surface area is 108 Å². The van der Waals surface area contributed by atoms with Crippen LogP contribution in [0.3, 0.4) is 0 Å². The molecule has 0 spiro atoms. The topological polar surface area (TPSA) is 63.9 Å². The number of halogens is 1. The number of hydrogen-bond acceptors (Lipinski definition) is 3. The molecule has 0 radical (unpaired) electrons. The zero-order valence-electron chi connectivity index (χ0n) is 9.53. The average molecular weight is 296 g/mol. The molecule has 1 aromatic carbocycles. The second kappa shape index (κ2) is 3.99. The van der Waals surface area contributed by atoms with E-state index in [1.54, 1.807) is 0 Å². The summed E-state index contributed by atoms with van der Waals surface area (Å²) in [6.07, 6.45) is 1.33. The smallest absolute Gasteiger partial charge is 0.112 e. The first-order valence-corrected chi connectivity index (χ1v) is 6.49. The number of nitrogen functional groups attached to an aromatic ring is 1. The van der Waals surface area contributed by atoms with Crippen LogP contribution in [0.5, 0.6) is 0 Å². The average Bonchev–Trinajstić information content (AvgIpc) is 2.83. The van der Waals surface area contributed by atoms with Gasteiger partial charge in [0.25, 0.3) is 0 Å². The number of nitrogens with zero attached hydrogens (tertiary/aromatic N) is 1. The number of aromatic nitrogens is 2. The first kappa shape index (κ1) is 11.0. The van der Waals surface area contributed by atoms with Gasteiger partial charge < -0.3 is 15.5 Å². The van der Waals surface area contributed by atoms with Gasteiger partial charge in [0.05, 0.1) is 23.9 Å². The molecule has 0 amide bonds. The van der Waals surface area contributed by atoms with Gasteiger partial charge in [-0.3, -0.25) is 0 Å². The second-order valence-corrected chi connectivity index (χ2v) is 5.51. The van der Waals surface area contributed by atoms with E-state index >= 15 is 0 Å². The Hall–Kier alpha value is -1.07. The molecule has 2 atom stereocenters. The van der Waals surface area contributed by atoms with Crippen molar-refractivity contribution in [1.29, 1.82) is 0 Å². The summed E-state index contributed by atoms with van der Waals surface area (Å²) in [5.74, 6) is 1.34. The maximum absolute atomic E-state index is 5.95. The van der Waals surface area contributed by atoms with E-state index in [4.69, 9.17) is 10.5 Å². The van der Waals surface area contributed by atoms with Crippen LogP contribution in [0.15, 0.2) is 16.6 Å². The highest BCUT2D eigenvalue weighted by molar-refractivity contribution is 9.10. The van der Waals surface area contributed by atoms with Crippen molar-refractivity contribution in [2.45, 2.75) is 25.4 Å². The quantitative estimate of drug-likeness (QED) is 0.795. The van der Waals surface area contributed by atoms with Gasteiger partial charge in [-0.25, -0.2) is 4.98 Å². The normalized spacial score (nSPS) is 24.6. The Morgan fingerprint density at radius 2 is 2.35 bits per heavy atom. The van der Waals surface area contributed by atoms with Crippen molar-refractivity contribution in [2.75, 3.05) is 12.3 Å². The minimum atomic E-state index is 0.317. The fourth-order valence-electron chi connectivity index (χ4n) is 2.33. The highest BCUT2D eigenvalue weighted by atomic mass is 79.9. The van der Waals surface area contributed by atoms with Crippen molar-refractivity contribution in [3.8, 4) is 0 Å². The summed E-state index contributed by atoms with van der Waals surface area (Å²) in [5, 5.41) is 0. The number of rotatable bonds is 1. The molecule has 5 heteroatoms. The molecule has 0 aliphatic carbocycles. The molecule has 2 heterocycles. The molecule has 1 saturated heterocycles. The van der Waals surface area contributed by atoms with Crippen molar-refractivity contribution in [3.05, 3.63) is 22.4 Å². The molecule has 0 saturated carbocycles. The van der Waals surface area contributed by atoms with Crippen LogP contribution in [-0.4, -0.2) is 22.7 Å². The number of hydrogen-bond donors (Lipinski definition) is 2. The van der Waals surface area contributed by atoms with Crippen LogP contribution in [0.4, 0.5) is 5.69 Å². The van der Waals surface area contributed by atoms with Crippen LogP contribution in [-0.2, 0) is 4.74 Å². The van der Waals surface area contributed by atoms with E-state index < -0.39 is 0 Å². The van der Waals surface area contributed by atoms with Crippen LogP contribution in [0, 0.1) is 0 Å². The van der Waals surface area contributed by atoms with E-state index in [-0.39, 0.29) is 0 Å². The van der Waals surface area contributed by atoms with E-state index in [1.165, 1.54) is 0 Å². The Morgan fingerprint density at radius 1 is 1.53 bits per heavy atom. The summed E-state index contributed by atoms with van der Waals surface area (Å²) >= 11 is 3.43. The molecule has 1 fully saturated rings. The van der Waals surface area contributed by atoms with Crippen LogP contribution in [0.2, 0.25) is 0 Å². The first-order valence-electron chi connectivity index (χ1n) is 5.69. The van der Waals surface area contributed by atoms with Gasteiger partial charge in [-0.2, -0.15) is 0 Å². The molecule has 3 rings (SSSR count). The molecule has 4 nitrogen and oxygen atoms in total. The zero-order valence-corrected chi connectivity index (χ0v) is 11.1. The largest absolute Gasteiger partial charge is 0.397 e. The van der Waals surface area contributed by atoms with E-state index in [0.29, 0.717) is 17.7 Å². The SMILES string of the molecule is CC1CC(c2nc3c(N)cc(Br)cc3[nH]2)CO1. The van der Waals surface area contributed by atoms with E-state index in [0.717, 1.165) is 34.4 Å². The first-order chi connectivity index (χ1) is 8.13. The summed E-state index contributed by atoms with van der Waals surface area (Å²) < 4.78 is 6.54. The third kappa shape index (κ3) is 1.93. The third-order valence-electron chi connectivity index (χ3n) is 3.18. The van der Waals surface area contributed by atoms with Crippen molar-refractivity contribution < 1.29 is 4.74 Å². The summed E-state index contributed by atoms with van der Waals surface area (Å²) in [6, 6.07) is 3.88. The van der Waals surface area contributed by atoms with Crippen LogP contribution >= 0.6 is 15.9 Å². The van der Waals surface area contributed by atoms with Gasteiger partial charge in [-0.05, 0) is 25.5 Å². The number of anilines is 1. The number of nitrogens with one attached hydrogen (secondary N) is 1. The predicted octanol–water partition coefficient (Wildman–Crippen LogP) is 2.80. The monoisotopic (exact) mass is 295 g/mol. The zero-order chi connectivity index (χ0) is 12.0. The number of aromatic amines is 1. The lowest BCUT2D eigenvalue weighted by atomic mass is 10.1. The molecule has 1 aliphatic rings. The van der Waals surface area contributed by atoms with Gasteiger partial charge in [-0.1, -0.05) is 15.9 Å². The van der Waals surface area contributed by atoms with Gasteiger partial charge in [0.2, 0.25) is 0 Å². The summed E-state index contributed by atoms with van der Waals surface area (Å²) in [4.78, 5) is 7.93. The predicted molar refractivity (Wildman–Crippen MR) is 71.0 cm³/mol. The van der Waals surface area contributed by atoms with Crippen LogP contribution in [0.1, 0.15) is 25.1 Å². The van der Waals surface area contributed by atoms with Gasteiger partial charge in [0, 0.05) is 10.4 Å². The molecule has 1 aliphatic heterocycles. The van der Waals surface area contributed by atoms with Crippen LogP contribution in [0.25, 0.3) is 11.0 Å². The minimum Gasteiger partial charge on any atom is -0.397 e. The van der Waals surface area contributed by atoms with E-state index in [1.807, 2.05) is 12.1 Å². The summed E-state index contributed by atoms with van der Waals surface area (Å²) in [6.45, 7) is 2.83. The summed E-state index contributed by atoms with van der Waals surface area (Å²) in [7, 11) is 0. The highest BCUT2D eigenvalue weighted by Crippen LogP contribution is 2.31. The molecule has 2 aromatic rings. The number of nitrogens with two attached hydrogens (primary N) is 1. The van der Waals surface area contributed by atoms with Crippen LogP contribution < -0.4 is 5.73 Å². The minimum absolute atomic E-state index is 0.317. The summed E-state index contributed by atoms with van der Waals surface area (Å²) in [5.41, 5.74) is 8.48. The molecule has 17 heavy (non-hydrogen) atoms. The van der Waals surface area contributed by atoms with Crippen molar-refractivity contribution in [3.63, 3.8) is 0 Å². The standard InChI is InChI=1S/C12H14BrN3O/c1-6-2-7(5-17-6)12-15-10-4-8(13)3-9(14)11(10)16-12/h3-4,6-7H,2,5,14H2,1H3,(H,15,16). The Kier molecular flexibility index (Phi) is 2.60. The number of imidazole rings is 1.